The summed E-state index contributed by atoms with van der Waals surface area (Å²) in [6.07, 6.45) is 1.65. The number of rotatable bonds is 2. The lowest BCUT2D eigenvalue weighted by molar-refractivity contribution is -0.134. The van der Waals surface area contributed by atoms with Gasteiger partial charge in [-0.25, -0.2) is 0 Å². The second kappa shape index (κ2) is 3.21. The maximum Gasteiger partial charge on any atom is 0.263 e. The van der Waals surface area contributed by atoms with E-state index in [9.17, 15) is 9.90 Å². The van der Waals surface area contributed by atoms with Crippen molar-refractivity contribution in [2.45, 2.75) is 12.5 Å². The van der Waals surface area contributed by atoms with Crippen LogP contribution in [-0.4, -0.2) is 17.6 Å². The number of amides is 1. The van der Waals surface area contributed by atoms with Gasteiger partial charge in [0, 0.05) is 12.1 Å². The van der Waals surface area contributed by atoms with E-state index < -0.39 is 5.60 Å². The minimum absolute atomic E-state index is 0.288. The Kier molecular flexibility index (Phi) is 2.12. The molecule has 0 radical (unpaired) electrons. The number of hydrogen-bond acceptors (Lipinski definition) is 2. The maximum absolute atomic E-state index is 11.9. The Bertz CT molecular complexity index is 423. The highest BCUT2D eigenvalue weighted by Crippen LogP contribution is 2.39. The average molecular weight is 203 g/mol. The van der Waals surface area contributed by atoms with Crippen molar-refractivity contribution >= 4 is 11.6 Å². The molecule has 1 aromatic rings. The molecule has 1 unspecified atom stereocenters. The van der Waals surface area contributed by atoms with Gasteiger partial charge in [-0.3, -0.25) is 4.79 Å². The summed E-state index contributed by atoms with van der Waals surface area (Å²) in [7, 11) is 0. The Morgan fingerprint density at radius 2 is 2.20 bits per heavy atom. The predicted octanol–water partition coefficient (Wildman–Crippen LogP) is 1.43. The average Bonchev–Trinajstić information content (AvgIpc) is 2.42. The zero-order valence-corrected chi connectivity index (χ0v) is 8.60. The van der Waals surface area contributed by atoms with E-state index >= 15 is 0 Å². The topological polar surface area (TPSA) is 40.5 Å². The molecule has 0 aromatic heterocycles. The van der Waals surface area contributed by atoms with E-state index in [-0.39, 0.29) is 5.91 Å². The molecule has 1 heterocycles. The van der Waals surface area contributed by atoms with Gasteiger partial charge in [-0.15, -0.1) is 6.58 Å². The fourth-order valence-electron chi connectivity index (χ4n) is 1.92. The van der Waals surface area contributed by atoms with Gasteiger partial charge in [-0.05, 0) is 13.0 Å². The molecular weight excluding hydrogens is 190 g/mol. The van der Waals surface area contributed by atoms with Gasteiger partial charge in [-0.2, -0.15) is 0 Å². The van der Waals surface area contributed by atoms with Gasteiger partial charge in [0.1, 0.15) is 0 Å². The molecule has 1 aliphatic rings. The van der Waals surface area contributed by atoms with Gasteiger partial charge in [0.15, 0.2) is 5.60 Å². The highest BCUT2D eigenvalue weighted by molar-refractivity contribution is 6.06. The fourth-order valence-corrected chi connectivity index (χ4v) is 1.92. The van der Waals surface area contributed by atoms with Gasteiger partial charge in [-0.1, -0.05) is 24.3 Å². The van der Waals surface area contributed by atoms with Crippen molar-refractivity contribution in [3.05, 3.63) is 42.5 Å². The predicted molar refractivity (Wildman–Crippen MR) is 58.6 cm³/mol. The van der Waals surface area contributed by atoms with Crippen LogP contribution in [0.3, 0.4) is 0 Å². The number of carbonyl (C=O) groups excluding carboxylic acids is 1. The van der Waals surface area contributed by atoms with Gasteiger partial charge < -0.3 is 10.0 Å². The molecule has 0 fully saturated rings. The molecule has 2 rings (SSSR count). The standard InChI is InChI=1S/C12H13NO2/c1-3-8-13-10-7-5-4-6-9(10)12(2,15)11(13)14/h3-7,15H,1,8H2,2H3. The first-order valence-electron chi connectivity index (χ1n) is 4.84. The van der Waals surface area contributed by atoms with E-state index in [0.29, 0.717) is 12.1 Å². The molecule has 1 atom stereocenters. The third-order valence-electron chi connectivity index (χ3n) is 2.69. The second-order valence-corrected chi connectivity index (χ2v) is 3.79. The minimum atomic E-state index is -1.40. The summed E-state index contributed by atoms with van der Waals surface area (Å²) in [5.74, 6) is -0.288. The Morgan fingerprint density at radius 3 is 2.87 bits per heavy atom. The Labute approximate surface area is 88.6 Å². The summed E-state index contributed by atoms with van der Waals surface area (Å²) in [5.41, 5.74) is 0.0313. The fraction of sp³-hybridized carbons (Fsp3) is 0.250. The summed E-state index contributed by atoms with van der Waals surface area (Å²) < 4.78 is 0. The summed E-state index contributed by atoms with van der Waals surface area (Å²) in [6, 6.07) is 7.27. The van der Waals surface area contributed by atoms with E-state index in [0.717, 1.165) is 5.69 Å². The molecule has 1 aromatic carbocycles. The van der Waals surface area contributed by atoms with E-state index in [2.05, 4.69) is 6.58 Å². The lowest BCUT2D eigenvalue weighted by Gasteiger charge is -2.17. The van der Waals surface area contributed by atoms with E-state index in [1.807, 2.05) is 18.2 Å². The third-order valence-corrected chi connectivity index (χ3v) is 2.69. The van der Waals surface area contributed by atoms with Crippen LogP contribution in [0.15, 0.2) is 36.9 Å². The lowest BCUT2D eigenvalue weighted by atomic mass is 9.98. The monoisotopic (exact) mass is 203 g/mol. The number of para-hydroxylation sites is 1. The van der Waals surface area contributed by atoms with Gasteiger partial charge in [0.25, 0.3) is 5.91 Å². The first-order chi connectivity index (χ1) is 7.09. The highest BCUT2D eigenvalue weighted by Gasteiger charge is 2.45. The molecule has 1 amide bonds. The molecule has 3 nitrogen and oxygen atoms in total. The molecule has 0 bridgehead atoms. The summed E-state index contributed by atoms with van der Waals surface area (Å²) in [4.78, 5) is 13.4. The van der Waals surface area contributed by atoms with Crippen molar-refractivity contribution in [1.29, 1.82) is 0 Å². The van der Waals surface area contributed by atoms with Crippen molar-refractivity contribution in [3.63, 3.8) is 0 Å². The largest absolute Gasteiger partial charge is 0.375 e. The van der Waals surface area contributed by atoms with Crippen molar-refractivity contribution in [1.82, 2.24) is 0 Å². The molecule has 78 valence electrons. The maximum atomic E-state index is 11.9. The van der Waals surface area contributed by atoms with E-state index in [1.54, 1.807) is 17.0 Å². The SMILES string of the molecule is C=CCN1C(=O)C(C)(O)c2ccccc21. The molecule has 1 aliphatic heterocycles. The van der Waals surface area contributed by atoms with Crippen molar-refractivity contribution < 1.29 is 9.90 Å². The first-order valence-corrected chi connectivity index (χ1v) is 4.84. The minimum Gasteiger partial charge on any atom is -0.375 e. The zero-order chi connectivity index (χ0) is 11.1. The Hall–Kier alpha value is -1.61. The van der Waals surface area contributed by atoms with Crippen LogP contribution in [0.25, 0.3) is 0 Å². The number of hydrogen-bond donors (Lipinski definition) is 1. The van der Waals surface area contributed by atoms with Crippen LogP contribution in [0.1, 0.15) is 12.5 Å². The molecule has 0 saturated carbocycles. The molecule has 1 N–H and O–H groups in total. The van der Waals surface area contributed by atoms with Crippen LogP contribution in [0, 0.1) is 0 Å². The van der Waals surface area contributed by atoms with Gasteiger partial charge in [0.05, 0.1) is 5.69 Å². The number of nitrogens with zero attached hydrogens (tertiary/aromatic N) is 1. The molecular formula is C12H13NO2. The van der Waals surface area contributed by atoms with Gasteiger partial charge in [0.2, 0.25) is 0 Å². The smallest absolute Gasteiger partial charge is 0.263 e. The van der Waals surface area contributed by atoms with Crippen LogP contribution in [0.4, 0.5) is 5.69 Å². The Balaban J connectivity index is 2.56. The lowest BCUT2D eigenvalue weighted by Crippen LogP contribution is -2.38. The van der Waals surface area contributed by atoms with Gasteiger partial charge >= 0.3 is 0 Å². The summed E-state index contributed by atoms with van der Waals surface area (Å²) in [6.45, 7) is 5.55. The van der Waals surface area contributed by atoms with Crippen molar-refractivity contribution in [2.24, 2.45) is 0 Å². The second-order valence-electron chi connectivity index (χ2n) is 3.79. The summed E-state index contributed by atoms with van der Waals surface area (Å²) in [5, 5.41) is 10.1. The number of carbonyl (C=O) groups is 1. The third kappa shape index (κ3) is 1.27. The Morgan fingerprint density at radius 1 is 1.53 bits per heavy atom. The number of fused-ring (bicyclic) bond motifs is 1. The normalized spacial score (nSPS) is 24.1. The van der Waals surface area contributed by atoms with E-state index in [1.165, 1.54) is 6.92 Å². The van der Waals surface area contributed by atoms with Crippen LogP contribution in [0.5, 0.6) is 0 Å². The quantitative estimate of drug-likeness (QED) is 0.738. The van der Waals surface area contributed by atoms with E-state index in [4.69, 9.17) is 0 Å². The molecule has 0 spiro atoms. The van der Waals surface area contributed by atoms with Crippen LogP contribution in [0.2, 0.25) is 0 Å². The molecule has 3 heteroatoms. The van der Waals surface area contributed by atoms with Crippen LogP contribution >= 0.6 is 0 Å². The molecule has 15 heavy (non-hydrogen) atoms. The summed E-state index contributed by atoms with van der Waals surface area (Å²) >= 11 is 0. The molecule has 0 saturated heterocycles. The zero-order valence-electron chi connectivity index (χ0n) is 8.60. The van der Waals surface area contributed by atoms with Crippen LogP contribution < -0.4 is 4.90 Å². The first kappa shape index (κ1) is 9.93. The van der Waals surface area contributed by atoms with Crippen LogP contribution in [-0.2, 0) is 10.4 Å². The van der Waals surface area contributed by atoms with Crippen molar-refractivity contribution in [3.8, 4) is 0 Å². The molecule has 0 aliphatic carbocycles. The van der Waals surface area contributed by atoms with Crippen molar-refractivity contribution in [2.75, 3.05) is 11.4 Å². The number of benzene rings is 1. The number of anilines is 1. The highest BCUT2D eigenvalue weighted by atomic mass is 16.3. The number of aliphatic hydroxyl groups is 1.